The summed E-state index contributed by atoms with van der Waals surface area (Å²) in [6.07, 6.45) is 3.47. The minimum Gasteiger partial charge on any atom is -0.444 e. The second kappa shape index (κ2) is 5.58. The summed E-state index contributed by atoms with van der Waals surface area (Å²) < 4.78 is 5.11. The van der Waals surface area contributed by atoms with Crippen LogP contribution < -0.4 is 16.0 Å². The molecule has 1 fully saturated rings. The zero-order valence-corrected chi connectivity index (χ0v) is 12.5. The van der Waals surface area contributed by atoms with Gasteiger partial charge in [0.1, 0.15) is 5.60 Å². The van der Waals surface area contributed by atoms with E-state index in [4.69, 9.17) is 4.74 Å². The minimum absolute atomic E-state index is 0.210. The Balaban J connectivity index is 2.19. The van der Waals surface area contributed by atoms with Gasteiger partial charge in [-0.1, -0.05) is 0 Å². The van der Waals surface area contributed by atoms with E-state index < -0.39 is 29.2 Å². The fourth-order valence-corrected chi connectivity index (χ4v) is 1.93. The summed E-state index contributed by atoms with van der Waals surface area (Å²) in [7, 11) is 0. The summed E-state index contributed by atoms with van der Waals surface area (Å²) in [4.78, 5) is 43.3. The predicted molar refractivity (Wildman–Crippen MR) is 74.6 cm³/mol. The van der Waals surface area contributed by atoms with E-state index in [1.54, 1.807) is 20.8 Å². The smallest absolute Gasteiger partial charge is 0.407 e. The average molecular weight is 307 g/mol. The van der Waals surface area contributed by atoms with Crippen LogP contribution >= 0.6 is 0 Å². The van der Waals surface area contributed by atoms with Crippen LogP contribution in [-0.4, -0.2) is 40.1 Å². The molecule has 1 saturated heterocycles. The molecular formula is C13H17N5O4. The largest absolute Gasteiger partial charge is 0.444 e. The number of hydrogen-bond donors (Lipinski definition) is 3. The third-order valence-electron chi connectivity index (χ3n) is 2.84. The zero-order valence-electron chi connectivity index (χ0n) is 12.5. The standard InChI is InChI=1S/C13H17N5O4/c1-12(2,3)22-11(21)16-7-13(8-6-14-4-5-15-8)9(19)17-10(20)18-13/h4-6H,7H2,1-3H3,(H,16,21)(H2,17,18,19,20). The molecule has 118 valence electrons. The highest BCUT2D eigenvalue weighted by atomic mass is 16.6. The van der Waals surface area contributed by atoms with Crippen LogP contribution in [0.3, 0.4) is 0 Å². The van der Waals surface area contributed by atoms with Crippen LogP contribution in [0.25, 0.3) is 0 Å². The summed E-state index contributed by atoms with van der Waals surface area (Å²) in [5.41, 5.74) is -1.97. The summed E-state index contributed by atoms with van der Waals surface area (Å²) in [6.45, 7) is 4.94. The number of alkyl carbamates (subject to hydrolysis) is 1. The number of nitrogens with zero attached hydrogens (tertiary/aromatic N) is 2. The van der Waals surface area contributed by atoms with Crippen molar-refractivity contribution >= 4 is 18.0 Å². The normalized spacial score (nSPS) is 21.0. The Morgan fingerprint density at radius 1 is 1.36 bits per heavy atom. The summed E-state index contributed by atoms with van der Waals surface area (Å²) in [5.74, 6) is -0.617. The molecule has 2 rings (SSSR count). The Hall–Kier alpha value is -2.71. The third-order valence-corrected chi connectivity index (χ3v) is 2.84. The molecule has 3 N–H and O–H groups in total. The van der Waals surface area contributed by atoms with Crippen molar-refractivity contribution in [3.63, 3.8) is 0 Å². The molecule has 0 spiro atoms. The molecule has 0 aromatic carbocycles. The molecule has 0 aliphatic carbocycles. The van der Waals surface area contributed by atoms with Gasteiger partial charge in [-0.25, -0.2) is 9.59 Å². The van der Waals surface area contributed by atoms with Gasteiger partial charge in [0.05, 0.1) is 18.4 Å². The van der Waals surface area contributed by atoms with Gasteiger partial charge in [0.2, 0.25) is 0 Å². The number of ether oxygens (including phenoxy) is 1. The highest BCUT2D eigenvalue weighted by Gasteiger charge is 2.49. The van der Waals surface area contributed by atoms with Gasteiger partial charge in [-0.2, -0.15) is 0 Å². The van der Waals surface area contributed by atoms with Crippen molar-refractivity contribution in [3.8, 4) is 0 Å². The lowest BCUT2D eigenvalue weighted by atomic mass is 9.95. The number of aromatic nitrogens is 2. The maximum absolute atomic E-state index is 12.2. The number of carbonyl (C=O) groups is 3. The minimum atomic E-state index is -1.51. The topological polar surface area (TPSA) is 122 Å². The zero-order chi connectivity index (χ0) is 16.4. The van der Waals surface area contributed by atoms with Crippen molar-refractivity contribution < 1.29 is 19.1 Å². The number of urea groups is 1. The van der Waals surface area contributed by atoms with Gasteiger partial charge in [0, 0.05) is 12.4 Å². The van der Waals surface area contributed by atoms with Crippen molar-refractivity contribution in [3.05, 3.63) is 24.3 Å². The fourth-order valence-electron chi connectivity index (χ4n) is 1.93. The van der Waals surface area contributed by atoms with Gasteiger partial charge in [-0.3, -0.25) is 20.1 Å². The number of nitrogens with one attached hydrogen (secondary N) is 3. The molecule has 9 heteroatoms. The third kappa shape index (κ3) is 3.30. The maximum atomic E-state index is 12.2. The quantitative estimate of drug-likeness (QED) is 0.677. The first kappa shape index (κ1) is 15.7. The summed E-state index contributed by atoms with van der Waals surface area (Å²) >= 11 is 0. The first-order chi connectivity index (χ1) is 10.2. The monoisotopic (exact) mass is 307 g/mol. The van der Waals surface area contributed by atoms with Crippen LogP contribution in [0, 0.1) is 0 Å². The van der Waals surface area contributed by atoms with Crippen molar-refractivity contribution in [2.24, 2.45) is 0 Å². The molecule has 0 saturated carbocycles. The van der Waals surface area contributed by atoms with Gasteiger partial charge in [0.25, 0.3) is 5.91 Å². The van der Waals surface area contributed by atoms with E-state index in [2.05, 4.69) is 25.9 Å². The number of rotatable bonds is 3. The maximum Gasteiger partial charge on any atom is 0.407 e. The van der Waals surface area contributed by atoms with Gasteiger partial charge in [0.15, 0.2) is 5.54 Å². The molecule has 1 aliphatic heterocycles. The first-order valence-electron chi connectivity index (χ1n) is 6.60. The van der Waals surface area contributed by atoms with Crippen molar-refractivity contribution in [1.82, 2.24) is 25.9 Å². The molecule has 1 atom stereocenters. The number of amides is 4. The molecule has 1 aromatic rings. The van der Waals surface area contributed by atoms with Gasteiger partial charge < -0.3 is 15.4 Å². The number of imide groups is 1. The molecule has 1 unspecified atom stereocenters. The van der Waals surface area contributed by atoms with Gasteiger partial charge >= 0.3 is 12.1 Å². The fraction of sp³-hybridized carbons (Fsp3) is 0.462. The molecule has 4 amide bonds. The lowest BCUT2D eigenvalue weighted by Crippen LogP contribution is -2.53. The first-order valence-corrected chi connectivity index (χ1v) is 6.60. The van der Waals surface area contributed by atoms with E-state index in [1.165, 1.54) is 18.6 Å². The van der Waals surface area contributed by atoms with Crippen LogP contribution in [-0.2, 0) is 15.1 Å². The molecule has 0 radical (unpaired) electrons. The molecule has 0 bridgehead atoms. The van der Waals surface area contributed by atoms with E-state index in [0.717, 1.165) is 0 Å². The van der Waals surface area contributed by atoms with Crippen molar-refractivity contribution in [2.45, 2.75) is 31.9 Å². The summed E-state index contributed by atoms with van der Waals surface area (Å²) in [6, 6.07) is -0.665. The van der Waals surface area contributed by atoms with E-state index >= 15 is 0 Å². The Labute approximate surface area is 126 Å². The van der Waals surface area contributed by atoms with Crippen LogP contribution in [0.2, 0.25) is 0 Å². The SMILES string of the molecule is CC(C)(C)OC(=O)NCC1(c2cnccn2)NC(=O)NC1=O. The Bertz CT molecular complexity index is 598. The molecular weight excluding hydrogens is 290 g/mol. The number of hydrogen-bond acceptors (Lipinski definition) is 6. The van der Waals surface area contributed by atoms with Gasteiger partial charge in [-0.15, -0.1) is 0 Å². The van der Waals surface area contributed by atoms with E-state index in [0.29, 0.717) is 0 Å². The highest BCUT2D eigenvalue weighted by molar-refractivity contribution is 6.07. The van der Waals surface area contributed by atoms with Crippen LogP contribution in [0.1, 0.15) is 26.5 Å². The van der Waals surface area contributed by atoms with Crippen LogP contribution in [0.5, 0.6) is 0 Å². The average Bonchev–Trinajstić information content (AvgIpc) is 2.71. The lowest BCUT2D eigenvalue weighted by Gasteiger charge is -2.26. The van der Waals surface area contributed by atoms with Crippen molar-refractivity contribution in [1.29, 1.82) is 0 Å². The predicted octanol–water partition coefficient (Wildman–Crippen LogP) is 0.0360. The van der Waals surface area contributed by atoms with E-state index in [-0.39, 0.29) is 12.2 Å². The van der Waals surface area contributed by atoms with Crippen LogP contribution in [0.15, 0.2) is 18.6 Å². The number of carbonyl (C=O) groups excluding carboxylic acids is 3. The molecule has 1 aromatic heterocycles. The van der Waals surface area contributed by atoms with E-state index in [9.17, 15) is 14.4 Å². The molecule has 2 heterocycles. The molecule has 1 aliphatic rings. The summed E-state index contributed by atoms with van der Waals surface area (Å²) in [5, 5.41) is 7.08. The lowest BCUT2D eigenvalue weighted by molar-refractivity contribution is -0.124. The molecule has 22 heavy (non-hydrogen) atoms. The second-order valence-electron chi connectivity index (χ2n) is 5.76. The Morgan fingerprint density at radius 2 is 2.09 bits per heavy atom. The Morgan fingerprint density at radius 3 is 2.59 bits per heavy atom. The molecule has 9 nitrogen and oxygen atoms in total. The second-order valence-corrected chi connectivity index (χ2v) is 5.76. The van der Waals surface area contributed by atoms with Gasteiger partial charge in [-0.05, 0) is 20.8 Å². The van der Waals surface area contributed by atoms with Crippen LogP contribution in [0.4, 0.5) is 9.59 Å². The van der Waals surface area contributed by atoms with E-state index in [1.807, 2.05) is 0 Å². The van der Waals surface area contributed by atoms with Crippen molar-refractivity contribution in [2.75, 3.05) is 6.54 Å². The highest BCUT2D eigenvalue weighted by Crippen LogP contribution is 2.22. The Kier molecular flexibility index (Phi) is 3.98.